The summed E-state index contributed by atoms with van der Waals surface area (Å²) in [5.41, 5.74) is 0.638. The van der Waals surface area contributed by atoms with Crippen LogP contribution in [0.25, 0.3) is 0 Å². The summed E-state index contributed by atoms with van der Waals surface area (Å²) in [7, 11) is 2.10. The highest BCUT2D eigenvalue weighted by molar-refractivity contribution is 5.94. The number of rotatable bonds is 5. The second-order valence-corrected chi connectivity index (χ2v) is 5.65. The Kier molecular flexibility index (Phi) is 5.56. The number of likely N-dealkylation sites (tertiary alicyclic amines) is 1. The van der Waals surface area contributed by atoms with E-state index in [1.54, 1.807) is 6.20 Å². The molecule has 1 amide bonds. The van der Waals surface area contributed by atoms with Crippen LogP contribution in [0.3, 0.4) is 0 Å². The van der Waals surface area contributed by atoms with Crippen molar-refractivity contribution in [3.8, 4) is 0 Å². The summed E-state index contributed by atoms with van der Waals surface area (Å²) in [6, 6.07) is 4.04. The van der Waals surface area contributed by atoms with Gasteiger partial charge in [0.15, 0.2) is 0 Å². The average molecular weight is 290 g/mol. The molecule has 0 saturated carbocycles. The van der Waals surface area contributed by atoms with Crippen LogP contribution in [0.5, 0.6) is 0 Å². The maximum absolute atomic E-state index is 12.3. The zero-order chi connectivity index (χ0) is 15.2. The van der Waals surface area contributed by atoms with Gasteiger partial charge in [-0.15, -0.1) is 0 Å². The molecule has 116 valence electrons. The van der Waals surface area contributed by atoms with Gasteiger partial charge in [-0.25, -0.2) is 4.98 Å². The quantitative estimate of drug-likeness (QED) is 0.897. The molecule has 0 aliphatic carbocycles. The maximum atomic E-state index is 12.3. The lowest BCUT2D eigenvalue weighted by atomic mass is 10.1. The molecule has 1 aromatic rings. The molecule has 0 bridgehead atoms. The van der Waals surface area contributed by atoms with Gasteiger partial charge in [-0.3, -0.25) is 4.79 Å². The summed E-state index contributed by atoms with van der Waals surface area (Å²) in [6.07, 6.45) is 3.87. The van der Waals surface area contributed by atoms with Gasteiger partial charge in [0.2, 0.25) is 0 Å². The van der Waals surface area contributed by atoms with Crippen molar-refractivity contribution < 1.29 is 4.79 Å². The van der Waals surface area contributed by atoms with Crippen LogP contribution in [0.1, 0.15) is 37.0 Å². The third-order valence-electron chi connectivity index (χ3n) is 4.06. The number of hydrogen-bond acceptors (Lipinski definition) is 4. The molecule has 2 rings (SSSR count). The van der Waals surface area contributed by atoms with E-state index >= 15 is 0 Å². The van der Waals surface area contributed by atoms with Crippen LogP contribution < -0.4 is 10.2 Å². The van der Waals surface area contributed by atoms with E-state index in [9.17, 15) is 4.79 Å². The predicted molar refractivity (Wildman–Crippen MR) is 85.8 cm³/mol. The Morgan fingerprint density at radius 3 is 2.76 bits per heavy atom. The third kappa shape index (κ3) is 4.17. The fourth-order valence-corrected chi connectivity index (χ4v) is 2.81. The molecule has 0 radical (unpaired) electrons. The van der Waals surface area contributed by atoms with Crippen molar-refractivity contribution in [3.05, 3.63) is 23.9 Å². The Bertz CT molecular complexity index is 456. The van der Waals surface area contributed by atoms with Crippen molar-refractivity contribution in [1.29, 1.82) is 0 Å². The first-order valence-corrected chi connectivity index (χ1v) is 7.84. The lowest BCUT2D eigenvalue weighted by Gasteiger charge is -2.30. The van der Waals surface area contributed by atoms with Crippen LogP contribution in [0, 0.1) is 0 Å². The maximum Gasteiger partial charge on any atom is 0.253 e. The fraction of sp³-hybridized carbons (Fsp3) is 0.625. The molecule has 1 saturated heterocycles. The summed E-state index contributed by atoms with van der Waals surface area (Å²) >= 11 is 0. The predicted octanol–water partition coefficient (Wildman–Crippen LogP) is 1.75. The Hall–Kier alpha value is -1.62. The molecule has 5 heteroatoms. The van der Waals surface area contributed by atoms with E-state index in [4.69, 9.17) is 0 Å². The molecule has 1 fully saturated rings. The van der Waals surface area contributed by atoms with Gasteiger partial charge in [-0.1, -0.05) is 0 Å². The Balaban J connectivity index is 1.96. The van der Waals surface area contributed by atoms with Crippen molar-refractivity contribution in [2.45, 2.75) is 32.7 Å². The van der Waals surface area contributed by atoms with Crippen molar-refractivity contribution in [2.75, 3.05) is 38.1 Å². The second kappa shape index (κ2) is 7.41. The fourth-order valence-electron chi connectivity index (χ4n) is 2.81. The zero-order valence-electron chi connectivity index (χ0n) is 13.3. The molecule has 0 spiro atoms. The molecule has 1 aliphatic heterocycles. The lowest BCUT2D eigenvalue weighted by molar-refractivity contribution is 0.0912. The number of hydrogen-bond donors (Lipinski definition) is 1. The molecule has 5 nitrogen and oxygen atoms in total. The van der Waals surface area contributed by atoms with Crippen LogP contribution >= 0.6 is 0 Å². The Labute approximate surface area is 127 Å². The topological polar surface area (TPSA) is 48.5 Å². The number of aromatic nitrogens is 1. The van der Waals surface area contributed by atoms with Crippen LogP contribution in [0.4, 0.5) is 5.82 Å². The van der Waals surface area contributed by atoms with Crippen molar-refractivity contribution >= 4 is 11.7 Å². The summed E-state index contributed by atoms with van der Waals surface area (Å²) in [5.74, 6) is 0.905. The number of carbonyl (C=O) groups excluding carboxylic acids is 1. The summed E-state index contributed by atoms with van der Waals surface area (Å²) in [4.78, 5) is 21.1. The number of pyridine rings is 1. The standard InChI is InChI=1S/C16H26N4O/c1-4-20(5-2)15-9-8-13(11-17-15)16(21)18-14-7-6-10-19(3)12-14/h8-9,11,14H,4-7,10,12H2,1-3H3,(H,18,21)/t14-/m0/s1. The van der Waals surface area contributed by atoms with Crippen molar-refractivity contribution in [1.82, 2.24) is 15.2 Å². The number of nitrogens with one attached hydrogen (secondary N) is 1. The minimum absolute atomic E-state index is 0.0195. The molecule has 21 heavy (non-hydrogen) atoms. The van der Waals surface area contributed by atoms with Gasteiger partial charge < -0.3 is 15.1 Å². The third-order valence-corrected chi connectivity index (χ3v) is 4.06. The number of amides is 1. The Morgan fingerprint density at radius 2 is 2.19 bits per heavy atom. The van der Waals surface area contributed by atoms with Crippen molar-refractivity contribution in [3.63, 3.8) is 0 Å². The monoisotopic (exact) mass is 290 g/mol. The highest BCUT2D eigenvalue weighted by atomic mass is 16.1. The molecular weight excluding hydrogens is 264 g/mol. The van der Waals surface area contributed by atoms with Gasteiger partial charge in [0.25, 0.3) is 5.91 Å². The highest BCUT2D eigenvalue weighted by Crippen LogP contribution is 2.12. The molecule has 0 unspecified atom stereocenters. The first-order chi connectivity index (χ1) is 10.1. The van der Waals surface area contributed by atoms with Gasteiger partial charge in [-0.05, 0) is 52.4 Å². The van der Waals surface area contributed by atoms with Crippen molar-refractivity contribution in [2.24, 2.45) is 0 Å². The summed E-state index contributed by atoms with van der Waals surface area (Å²) in [6.45, 7) is 8.09. The number of piperidine rings is 1. The molecule has 1 aromatic heterocycles. The first kappa shape index (κ1) is 15.8. The van der Waals surface area contributed by atoms with Gasteiger partial charge in [0, 0.05) is 31.9 Å². The van der Waals surface area contributed by atoms with Gasteiger partial charge in [-0.2, -0.15) is 0 Å². The van der Waals surface area contributed by atoms with Crippen LogP contribution in [-0.4, -0.2) is 55.1 Å². The SMILES string of the molecule is CCN(CC)c1ccc(C(=O)N[C@H]2CCCN(C)C2)cn1. The molecule has 1 aliphatic rings. The normalized spacial score (nSPS) is 19.3. The van der Waals surface area contributed by atoms with E-state index in [0.29, 0.717) is 5.56 Å². The van der Waals surface area contributed by atoms with Crippen LogP contribution in [-0.2, 0) is 0 Å². The number of carbonyl (C=O) groups is 1. The van der Waals surface area contributed by atoms with Gasteiger partial charge >= 0.3 is 0 Å². The number of anilines is 1. The minimum Gasteiger partial charge on any atom is -0.357 e. The van der Waals surface area contributed by atoms with E-state index in [1.807, 2.05) is 12.1 Å². The van der Waals surface area contributed by atoms with E-state index < -0.39 is 0 Å². The molecule has 1 atom stereocenters. The average Bonchev–Trinajstić information content (AvgIpc) is 2.49. The second-order valence-electron chi connectivity index (χ2n) is 5.65. The molecular formula is C16H26N4O. The van der Waals surface area contributed by atoms with Crippen LogP contribution in [0.15, 0.2) is 18.3 Å². The number of nitrogens with zero attached hydrogens (tertiary/aromatic N) is 3. The number of likely N-dealkylation sites (N-methyl/N-ethyl adjacent to an activating group) is 1. The zero-order valence-corrected chi connectivity index (χ0v) is 13.3. The molecule has 2 heterocycles. The van der Waals surface area contributed by atoms with Gasteiger partial charge in [0.05, 0.1) is 5.56 Å². The summed E-state index contributed by atoms with van der Waals surface area (Å²) < 4.78 is 0. The Morgan fingerprint density at radius 1 is 1.43 bits per heavy atom. The van der Waals surface area contributed by atoms with E-state index in [-0.39, 0.29) is 11.9 Å². The largest absolute Gasteiger partial charge is 0.357 e. The highest BCUT2D eigenvalue weighted by Gasteiger charge is 2.19. The molecule has 0 aromatic carbocycles. The molecule has 1 N–H and O–H groups in total. The lowest BCUT2D eigenvalue weighted by Crippen LogP contribution is -2.46. The van der Waals surface area contributed by atoms with E-state index in [1.165, 1.54) is 0 Å². The minimum atomic E-state index is -0.0195. The smallest absolute Gasteiger partial charge is 0.253 e. The first-order valence-electron chi connectivity index (χ1n) is 7.84. The van der Waals surface area contributed by atoms with Crippen LogP contribution in [0.2, 0.25) is 0 Å². The van der Waals surface area contributed by atoms with E-state index in [2.05, 4.69) is 41.0 Å². The van der Waals surface area contributed by atoms with Gasteiger partial charge in [0.1, 0.15) is 5.82 Å². The summed E-state index contributed by atoms with van der Waals surface area (Å²) in [5, 5.41) is 3.11. The van der Waals surface area contributed by atoms with E-state index in [0.717, 1.165) is 44.8 Å².